The highest BCUT2D eigenvalue weighted by molar-refractivity contribution is 5.72. The lowest BCUT2D eigenvalue weighted by atomic mass is 10.1. The average Bonchev–Trinajstić information content (AvgIpc) is 2.28. The summed E-state index contributed by atoms with van der Waals surface area (Å²) in [6.45, 7) is 1.79. The summed E-state index contributed by atoms with van der Waals surface area (Å²) in [6.07, 6.45) is 2.11. The van der Waals surface area contributed by atoms with Gasteiger partial charge in [-0.05, 0) is 36.8 Å². The number of benzene rings is 1. The van der Waals surface area contributed by atoms with Crippen LogP contribution in [0.1, 0.15) is 16.1 Å². The third-order valence-electron chi connectivity index (χ3n) is 2.10. The highest BCUT2D eigenvalue weighted by atomic mass is 19.1. The van der Waals surface area contributed by atoms with E-state index in [0.29, 0.717) is 17.7 Å². The fourth-order valence-corrected chi connectivity index (χ4v) is 1.44. The van der Waals surface area contributed by atoms with Gasteiger partial charge in [0.05, 0.1) is 0 Å². The number of hydrogen-bond acceptors (Lipinski definition) is 3. The first-order valence-corrected chi connectivity index (χ1v) is 4.75. The van der Waals surface area contributed by atoms with E-state index in [-0.39, 0.29) is 11.5 Å². The molecule has 0 aliphatic carbocycles. The van der Waals surface area contributed by atoms with E-state index in [4.69, 9.17) is 0 Å². The Bertz CT molecular complexity index is 520. The fourth-order valence-electron chi connectivity index (χ4n) is 1.44. The number of rotatable bonds is 2. The van der Waals surface area contributed by atoms with Crippen LogP contribution in [0.5, 0.6) is 0 Å². The Hall–Kier alpha value is -2.10. The van der Waals surface area contributed by atoms with Crippen LogP contribution in [0.15, 0.2) is 30.5 Å². The predicted octanol–water partition coefficient (Wildman–Crippen LogP) is 2.40. The maximum Gasteiger partial charge on any atom is 0.168 e. The normalized spacial score (nSPS) is 10.1. The smallest absolute Gasteiger partial charge is 0.168 e. The predicted molar refractivity (Wildman–Crippen MR) is 57.6 cm³/mol. The van der Waals surface area contributed by atoms with Crippen molar-refractivity contribution >= 4 is 6.29 Å². The monoisotopic (exact) mass is 216 g/mol. The van der Waals surface area contributed by atoms with Crippen molar-refractivity contribution in [1.82, 2.24) is 9.97 Å². The molecular formula is C12H9FN2O. The van der Waals surface area contributed by atoms with Crippen LogP contribution < -0.4 is 0 Å². The Morgan fingerprint density at radius 3 is 2.81 bits per heavy atom. The minimum absolute atomic E-state index is 0.284. The standard InChI is InChI=1S/C12H9FN2O/c1-8-4-9(6-10(13)5-8)12-14-3-2-11(7-16)15-12/h2-7H,1H3. The molecule has 0 unspecified atom stereocenters. The molecule has 0 spiro atoms. The Labute approximate surface area is 92.0 Å². The lowest BCUT2D eigenvalue weighted by molar-refractivity contribution is 0.111. The van der Waals surface area contributed by atoms with Gasteiger partial charge in [-0.15, -0.1) is 0 Å². The number of hydrogen-bond donors (Lipinski definition) is 0. The summed E-state index contributed by atoms with van der Waals surface area (Å²) in [4.78, 5) is 18.6. The van der Waals surface area contributed by atoms with Crippen molar-refractivity contribution in [2.24, 2.45) is 0 Å². The number of halogens is 1. The second kappa shape index (κ2) is 4.18. The van der Waals surface area contributed by atoms with Crippen molar-refractivity contribution in [3.8, 4) is 11.4 Å². The van der Waals surface area contributed by atoms with Crippen molar-refractivity contribution in [2.75, 3.05) is 0 Å². The highest BCUT2D eigenvalue weighted by Gasteiger charge is 2.04. The van der Waals surface area contributed by atoms with Gasteiger partial charge in [0.25, 0.3) is 0 Å². The van der Waals surface area contributed by atoms with E-state index >= 15 is 0 Å². The van der Waals surface area contributed by atoms with Gasteiger partial charge in [-0.2, -0.15) is 0 Å². The zero-order chi connectivity index (χ0) is 11.5. The van der Waals surface area contributed by atoms with Crippen LogP contribution in [0, 0.1) is 12.7 Å². The molecule has 0 bridgehead atoms. The van der Waals surface area contributed by atoms with E-state index < -0.39 is 0 Å². The van der Waals surface area contributed by atoms with Crippen LogP contribution in [-0.4, -0.2) is 16.3 Å². The van der Waals surface area contributed by atoms with E-state index in [0.717, 1.165) is 5.56 Å². The first-order valence-electron chi connectivity index (χ1n) is 4.75. The van der Waals surface area contributed by atoms with Crippen molar-refractivity contribution in [2.45, 2.75) is 6.92 Å². The van der Waals surface area contributed by atoms with E-state index in [1.165, 1.54) is 24.4 Å². The van der Waals surface area contributed by atoms with Crippen molar-refractivity contribution in [3.63, 3.8) is 0 Å². The molecule has 80 valence electrons. The Morgan fingerprint density at radius 2 is 2.12 bits per heavy atom. The summed E-state index contributed by atoms with van der Waals surface area (Å²) in [6, 6.07) is 6.04. The van der Waals surface area contributed by atoms with E-state index in [9.17, 15) is 9.18 Å². The molecule has 0 saturated carbocycles. The molecule has 0 aliphatic rings. The van der Waals surface area contributed by atoms with Gasteiger partial charge in [0.15, 0.2) is 12.1 Å². The summed E-state index contributed by atoms with van der Waals surface area (Å²) in [5, 5.41) is 0. The fraction of sp³-hybridized carbons (Fsp3) is 0.0833. The number of nitrogens with zero attached hydrogens (tertiary/aromatic N) is 2. The third kappa shape index (κ3) is 2.11. The molecule has 2 rings (SSSR count). The van der Waals surface area contributed by atoms with Gasteiger partial charge in [0, 0.05) is 11.8 Å². The highest BCUT2D eigenvalue weighted by Crippen LogP contribution is 2.17. The van der Waals surface area contributed by atoms with Crippen molar-refractivity contribution < 1.29 is 9.18 Å². The van der Waals surface area contributed by atoms with E-state index in [1.54, 1.807) is 13.0 Å². The number of aldehydes is 1. The molecule has 0 fully saturated rings. The molecule has 0 N–H and O–H groups in total. The maximum atomic E-state index is 13.2. The van der Waals surface area contributed by atoms with Gasteiger partial charge >= 0.3 is 0 Å². The molecule has 0 amide bonds. The quantitative estimate of drug-likeness (QED) is 0.724. The van der Waals surface area contributed by atoms with Crippen LogP contribution >= 0.6 is 0 Å². The topological polar surface area (TPSA) is 42.9 Å². The molecule has 0 saturated heterocycles. The van der Waals surface area contributed by atoms with Gasteiger partial charge < -0.3 is 0 Å². The molecule has 0 aliphatic heterocycles. The van der Waals surface area contributed by atoms with Crippen LogP contribution in [-0.2, 0) is 0 Å². The number of carbonyl (C=O) groups is 1. The van der Waals surface area contributed by atoms with Gasteiger partial charge in [-0.3, -0.25) is 4.79 Å². The Kier molecular flexibility index (Phi) is 2.72. The first-order chi connectivity index (χ1) is 7.69. The van der Waals surface area contributed by atoms with Crippen molar-refractivity contribution in [1.29, 1.82) is 0 Å². The lowest BCUT2D eigenvalue weighted by Crippen LogP contribution is -1.94. The minimum atomic E-state index is -0.338. The number of carbonyl (C=O) groups excluding carboxylic acids is 1. The number of aromatic nitrogens is 2. The number of aryl methyl sites for hydroxylation is 1. The van der Waals surface area contributed by atoms with Gasteiger partial charge in [-0.25, -0.2) is 14.4 Å². The van der Waals surface area contributed by atoms with E-state index in [1.807, 2.05) is 0 Å². The zero-order valence-electron chi connectivity index (χ0n) is 8.64. The molecule has 2 aromatic rings. The maximum absolute atomic E-state index is 13.2. The van der Waals surface area contributed by atoms with E-state index in [2.05, 4.69) is 9.97 Å². The average molecular weight is 216 g/mol. The largest absolute Gasteiger partial charge is 0.296 e. The van der Waals surface area contributed by atoms with Gasteiger partial charge in [0.2, 0.25) is 0 Å². The Balaban J connectivity index is 2.53. The Morgan fingerprint density at radius 1 is 1.31 bits per heavy atom. The van der Waals surface area contributed by atoms with Crippen LogP contribution in [0.25, 0.3) is 11.4 Å². The molecular weight excluding hydrogens is 207 g/mol. The molecule has 0 atom stereocenters. The van der Waals surface area contributed by atoms with Gasteiger partial charge in [-0.1, -0.05) is 0 Å². The minimum Gasteiger partial charge on any atom is -0.296 e. The first kappa shape index (κ1) is 10.4. The molecule has 1 aromatic carbocycles. The summed E-state index contributed by atoms with van der Waals surface area (Å²) < 4.78 is 13.2. The molecule has 16 heavy (non-hydrogen) atoms. The third-order valence-corrected chi connectivity index (χ3v) is 2.10. The SMILES string of the molecule is Cc1cc(F)cc(-c2nccc(C=O)n2)c1. The summed E-state index contributed by atoms with van der Waals surface area (Å²) in [7, 11) is 0. The molecule has 0 radical (unpaired) electrons. The molecule has 1 heterocycles. The van der Waals surface area contributed by atoms with Crippen LogP contribution in [0.2, 0.25) is 0 Å². The summed E-state index contributed by atoms with van der Waals surface area (Å²) in [5.74, 6) is 0.0160. The molecule has 1 aromatic heterocycles. The zero-order valence-corrected chi connectivity index (χ0v) is 8.64. The van der Waals surface area contributed by atoms with Crippen molar-refractivity contribution in [3.05, 3.63) is 47.5 Å². The molecule has 3 nitrogen and oxygen atoms in total. The second-order valence-electron chi connectivity index (χ2n) is 3.44. The summed E-state index contributed by atoms with van der Waals surface area (Å²) >= 11 is 0. The van der Waals surface area contributed by atoms with Crippen LogP contribution in [0.4, 0.5) is 4.39 Å². The lowest BCUT2D eigenvalue weighted by Gasteiger charge is -2.02. The molecule has 4 heteroatoms. The van der Waals surface area contributed by atoms with Gasteiger partial charge in [0.1, 0.15) is 11.5 Å². The summed E-state index contributed by atoms with van der Waals surface area (Å²) in [5.41, 5.74) is 1.64. The van der Waals surface area contributed by atoms with Crippen LogP contribution in [0.3, 0.4) is 0 Å². The second-order valence-corrected chi connectivity index (χ2v) is 3.44.